The Kier molecular flexibility index (Phi) is 6.83. The topological polar surface area (TPSA) is 80.1 Å². The van der Waals surface area contributed by atoms with Crippen LogP contribution in [0.5, 0.6) is 0 Å². The summed E-state index contributed by atoms with van der Waals surface area (Å²) in [5.41, 5.74) is 1.56. The Labute approximate surface area is 174 Å². The van der Waals surface area contributed by atoms with E-state index in [0.29, 0.717) is 28.4 Å². The third-order valence-electron chi connectivity index (χ3n) is 4.75. The molecule has 0 aliphatic carbocycles. The molecule has 0 spiro atoms. The molecule has 0 bridgehead atoms. The second-order valence-electron chi connectivity index (χ2n) is 6.70. The van der Waals surface area contributed by atoms with Gasteiger partial charge in [0, 0.05) is 16.6 Å². The summed E-state index contributed by atoms with van der Waals surface area (Å²) in [5.74, 6) is 1.62. The molecule has 8 heteroatoms. The molecule has 1 aromatic carbocycles. The van der Waals surface area contributed by atoms with Crippen LogP contribution in [0.3, 0.4) is 0 Å². The zero-order valence-corrected chi connectivity index (χ0v) is 17.2. The van der Waals surface area contributed by atoms with Crippen molar-refractivity contribution in [2.24, 2.45) is 0 Å². The zero-order chi connectivity index (χ0) is 18.6. The quantitative estimate of drug-likeness (QED) is 0.649. The molecule has 2 aromatic heterocycles. The highest BCUT2D eigenvalue weighted by molar-refractivity contribution is 7.15. The number of thiazole rings is 1. The average Bonchev–Trinajstić information content (AvgIpc) is 3.30. The first kappa shape index (κ1) is 20.5. The molecule has 2 N–H and O–H groups in total. The zero-order valence-electron chi connectivity index (χ0n) is 15.6. The van der Waals surface area contributed by atoms with Crippen LogP contribution in [0, 0.1) is 6.92 Å². The lowest BCUT2D eigenvalue weighted by molar-refractivity contribution is -0.115. The van der Waals surface area contributed by atoms with E-state index in [4.69, 9.17) is 4.42 Å². The molecule has 6 nitrogen and oxygen atoms in total. The molecule has 0 atom stereocenters. The number of nitrogens with zero attached hydrogens (tertiary/aromatic N) is 2. The molecule has 1 fully saturated rings. The van der Waals surface area contributed by atoms with E-state index < -0.39 is 0 Å². The minimum absolute atomic E-state index is 0. The summed E-state index contributed by atoms with van der Waals surface area (Å²) < 4.78 is 5.73. The van der Waals surface area contributed by atoms with Gasteiger partial charge in [-0.15, -0.1) is 23.7 Å². The number of hydrogen-bond donors (Lipinski definition) is 2. The Morgan fingerprint density at radius 1 is 1.29 bits per heavy atom. The molecule has 0 radical (unpaired) electrons. The Bertz CT molecular complexity index is 919. The Morgan fingerprint density at radius 2 is 2.04 bits per heavy atom. The van der Waals surface area contributed by atoms with Gasteiger partial charge in [-0.05, 0) is 50.9 Å². The van der Waals surface area contributed by atoms with Gasteiger partial charge in [0.2, 0.25) is 11.8 Å². The number of aryl methyl sites for hydroxylation is 1. The number of carbonyl (C=O) groups excluding carboxylic acids is 1. The van der Waals surface area contributed by atoms with E-state index in [1.54, 1.807) is 11.3 Å². The predicted molar refractivity (Wildman–Crippen MR) is 113 cm³/mol. The van der Waals surface area contributed by atoms with E-state index in [-0.39, 0.29) is 24.7 Å². The van der Waals surface area contributed by atoms with E-state index in [1.165, 1.54) is 4.88 Å². The number of oxazole rings is 1. The van der Waals surface area contributed by atoms with Gasteiger partial charge < -0.3 is 15.1 Å². The lowest BCUT2D eigenvalue weighted by Gasteiger charge is -2.20. The number of carbonyl (C=O) groups is 1. The summed E-state index contributed by atoms with van der Waals surface area (Å²) >= 11 is 1.57. The van der Waals surface area contributed by atoms with Crippen molar-refractivity contribution in [1.29, 1.82) is 0 Å². The van der Waals surface area contributed by atoms with Gasteiger partial charge >= 0.3 is 0 Å². The highest BCUT2D eigenvalue weighted by Gasteiger charge is 2.19. The van der Waals surface area contributed by atoms with Crippen LogP contribution in [0.2, 0.25) is 0 Å². The summed E-state index contributed by atoms with van der Waals surface area (Å²) in [6, 6.07) is 9.69. The van der Waals surface area contributed by atoms with E-state index in [2.05, 4.69) is 20.6 Å². The maximum absolute atomic E-state index is 12.4. The lowest BCUT2D eigenvalue weighted by atomic mass is 9.97. The van der Waals surface area contributed by atoms with Gasteiger partial charge in [0.05, 0.1) is 12.1 Å². The fourth-order valence-corrected chi connectivity index (χ4v) is 4.25. The van der Waals surface area contributed by atoms with Gasteiger partial charge in [0.25, 0.3) is 0 Å². The van der Waals surface area contributed by atoms with Gasteiger partial charge in [-0.3, -0.25) is 4.79 Å². The van der Waals surface area contributed by atoms with E-state index >= 15 is 0 Å². The maximum atomic E-state index is 12.4. The first-order valence-corrected chi connectivity index (χ1v) is 9.98. The summed E-state index contributed by atoms with van der Waals surface area (Å²) in [5, 5.41) is 6.92. The smallest absolute Gasteiger partial charge is 0.232 e. The van der Waals surface area contributed by atoms with Crippen molar-refractivity contribution in [2.75, 3.05) is 18.4 Å². The fourth-order valence-electron chi connectivity index (χ4n) is 3.25. The van der Waals surface area contributed by atoms with Crippen LogP contribution in [0.25, 0.3) is 11.5 Å². The largest absolute Gasteiger partial charge is 0.441 e. The SMILES string of the molecule is Cc1oc(-c2ccccc2)nc1CC(=O)Nc1ncc(C2CCNCC2)s1.Cl. The minimum Gasteiger partial charge on any atom is -0.441 e. The highest BCUT2D eigenvalue weighted by Crippen LogP contribution is 2.31. The molecule has 1 aliphatic rings. The first-order valence-electron chi connectivity index (χ1n) is 9.17. The number of piperidine rings is 1. The Balaban J connectivity index is 0.00000225. The monoisotopic (exact) mass is 418 g/mol. The number of amides is 1. The van der Waals surface area contributed by atoms with Crippen molar-refractivity contribution >= 4 is 34.8 Å². The molecule has 1 amide bonds. The molecule has 4 rings (SSSR count). The van der Waals surface area contributed by atoms with E-state index in [9.17, 15) is 4.79 Å². The molecule has 0 unspecified atom stereocenters. The summed E-state index contributed by atoms with van der Waals surface area (Å²) in [4.78, 5) is 22.5. The molecule has 3 aromatic rings. The Hall–Kier alpha value is -2.22. The van der Waals surface area contributed by atoms with Crippen LogP contribution in [0.15, 0.2) is 40.9 Å². The first-order chi connectivity index (χ1) is 13.2. The number of benzene rings is 1. The number of rotatable bonds is 5. The molecule has 1 saturated heterocycles. The summed E-state index contributed by atoms with van der Waals surface area (Å²) in [7, 11) is 0. The number of nitrogens with one attached hydrogen (secondary N) is 2. The molecular formula is C20H23ClN4O2S. The second-order valence-corrected chi connectivity index (χ2v) is 7.77. The third-order valence-corrected chi connectivity index (χ3v) is 5.83. The van der Waals surface area contributed by atoms with Crippen LogP contribution < -0.4 is 10.6 Å². The van der Waals surface area contributed by atoms with Gasteiger partial charge in [-0.1, -0.05) is 18.2 Å². The summed E-state index contributed by atoms with van der Waals surface area (Å²) in [6.07, 6.45) is 4.31. The van der Waals surface area contributed by atoms with Crippen LogP contribution in [0.4, 0.5) is 5.13 Å². The third kappa shape index (κ3) is 4.79. The van der Waals surface area contributed by atoms with Crippen molar-refractivity contribution in [1.82, 2.24) is 15.3 Å². The molecule has 148 valence electrons. The number of anilines is 1. The normalized spacial score (nSPS) is 14.5. The standard InChI is InChI=1S/C20H22N4O2S.ClH/c1-13-16(23-19(26-13)15-5-3-2-4-6-15)11-18(25)24-20-22-12-17(27-20)14-7-9-21-10-8-14;/h2-6,12,14,21H,7-11H2,1H3,(H,22,24,25);1H. The molecule has 1 aliphatic heterocycles. The van der Waals surface area contributed by atoms with Crippen molar-refractivity contribution in [3.05, 3.63) is 52.9 Å². The van der Waals surface area contributed by atoms with Crippen LogP contribution in [0.1, 0.15) is 35.1 Å². The molecule has 3 heterocycles. The maximum Gasteiger partial charge on any atom is 0.232 e. The van der Waals surface area contributed by atoms with Crippen molar-refractivity contribution in [3.63, 3.8) is 0 Å². The van der Waals surface area contributed by atoms with Crippen molar-refractivity contribution < 1.29 is 9.21 Å². The van der Waals surface area contributed by atoms with Crippen LogP contribution in [-0.4, -0.2) is 29.0 Å². The number of halogens is 1. The predicted octanol–water partition coefficient (Wildman–Crippen LogP) is 4.18. The number of aromatic nitrogens is 2. The van der Waals surface area contributed by atoms with E-state index in [1.807, 2.05) is 43.5 Å². The van der Waals surface area contributed by atoms with Crippen molar-refractivity contribution in [3.8, 4) is 11.5 Å². The van der Waals surface area contributed by atoms with Gasteiger partial charge in [0.15, 0.2) is 5.13 Å². The lowest BCUT2D eigenvalue weighted by Crippen LogP contribution is -2.26. The van der Waals surface area contributed by atoms with E-state index in [0.717, 1.165) is 31.5 Å². The average molecular weight is 419 g/mol. The molecule has 28 heavy (non-hydrogen) atoms. The van der Waals surface area contributed by atoms with Crippen LogP contribution in [-0.2, 0) is 11.2 Å². The van der Waals surface area contributed by atoms with Gasteiger partial charge in [-0.2, -0.15) is 0 Å². The molecular weight excluding hydrogens is 396 g/mol. The molecule has 0 saturated carbocycles. The number of hydrogen-bond acceptors (Lipinski definition) is 6. The van der Waals surface area contributed by atoms with Crippen molar-refractivity contribution in [2.45, 2.75) is 32.1 Å². The fraction of sp³-hybridized carbons (Fsp3) is 0.350. The van der Waals surface area contributed by atoms with Crippen LogP contribution >= 0.6 is 23.7 Å². The highest BCUT2D eigenvalue weighted by atomic mass is 35.5. The minimum atomic E-state index is -0.128. The second kappa shape index (κ2) is 9.32. The summed E-state index contributed by atoms with van der Waals surface area (Å²) in [6.45, 7) is 3.92. The van der Waals surface area contributed by atoms with Gasteiger partial charge in [-0.25, -0.2) is 9.97 Å². The van der Waals surface area contributed by atoms with Gasteiger partial charge in [0.1, 0.15) is 5.76 Å². The Morgan fingerprint density at radius 3 is 2.79 bits per heavy atom.